The van der Waals surface area contributed by atoms with Gasteiger partial charge in [-0.05, 0) is 17.5 Å². The van der Waals surface area contributed by atoms with E-state index in [1.54, 1.807) is 6.21 Å². The van der Waals surface area contributed by atoms with Gasteiger partial charge in [-0.3, -0.25) is 0 Å². The highest BCUT2D eigenvalue weighted by Crippen LogP contribution is 2.05. The largest absolute Gasteiger partial charge is 0.377 e. The van der Waals surface area contributed by atoms with Crippen molar-refractivity contribution < 1.29 is 4.74 Å². The maximum absolute atomic E-state index is 5.59. The van der Waals surface area contributed by atoms with Crippen LogP contribution in [0.2, 0.25) is 0 Å². The zero-order valence-corrected chi connectivity index (χ0v) is 11.4. The molecule has 4 N–H and O–H groups in total. The molecule has 0 spiro atoms. The first-order chi connectivity index (χ1) is 9.22. The fourth-order valence-corrected chi connectivity index (χ4v) is 1.51. The molecule has 1 rings (SSSR count). The molecule has 1 aromatic carbocycles. The van der Waals surface area contributed by atoms with E-state index in [0.717, 1.165) is 24.2 Å². The van der Waals surface area contributed by atoms with Gasteiger partial charge in [0.15, 0.2) is 0 Å². The van der Waals surface area contributed by atoms with E-state index >= 15 is 0 Å². The fraction of sp³-hybridized carbons (Fsp3) is 0.429. The van der Waals surface area contributed by atoms with E-state index in [2.05, 4.69) is 17.1 Å². The van der Waals surface area contributed by atoms with Crippen LogP contribution in [0.5, 0.6) is 0 Å². The van der Waals surface area contributed by atoms with Gasteiger partial charge in [-0.15, -0.1) is 5.10 Å². The Kier molecular flexibility index (Phi) is 7.27. The van der Waals surface area contributed by atoms with Gasteiger partial charge in [-0.25, -0.2) is 0 Å². The number of rotatable bonds is 8. The van der Waals surface area contributed by atoms with Gasteiger partial charge in [0.1, 0.15) is 0 Å². The van der Waals surface area contributed by atoms with Crippen LogP contribution in [0.1, 0.15) is 37.3 Å². The number of benzene rings is 1. The average molecular weight is 262 g/mol. The summed E-state index contributed by atoms with van der Waals surface area (Å²) >= 11 is 0. The molecular formula is C14H22N4O. The summed E-state index contributed by atoms with van der Waals surface area (Å²) in [4.78, 5) is 0. The van der Waals surface area contributed by atoms with Crippen LogP contribution in [0.3, 0.4) is 0 Å². The van der Waals surface area contributed by atoms with Crippen molar-refractivity contribution >= 4 is 12.2 Å². The van der Waals surface area contributed by atoms with Crippen molar-refractivity contribution in [3.63, 3.8) is 0 Å². The Morgan fingerprint density at radius 2 is 1.95 bits per heavy atom. The van der Waals surface area contributed by atoms with E-state index in [-0.39, 0.29) is 5.96 Å². The second-order valence-corrected chi connectivity index (χ2v) is 4.27. The van der Waals surface area contributed by atoms with Crippen molar-refractivity contribution in [3.05, 3.63) is 35.4 Å². The zero-order valence-electron chi connectivity index (χ0n) is 11.4. The standard InChI is InChI=1S/C14H22N4O/c1-2-3-4-9-19-11-13-7-5-12(6-8-13)10-17-18-14(15)16/h5-8,10H,2-4,9,11H2,1H3,(H4,15,16,18). The molecule has 0 heterocycles. The minimum atomic E-state index is -0.0478. The molecule has 0 saturated heterocycles. The Balaban J connectivity index is 2.35. The summed E-state index contributed by atoms with van der Waals surface area (Å²) in [6.07, 6.45) is 5.17. The molecule has 0 aliphatic rings. The van der Waals surface area contributed by atoms with Crippen molar-refractivity contribution in [3.8, 4) is 0 Å². The molecular weight excluding hydrogens is 240 g/mol. The minimum absolute atomic E-state index is 0.0478. The number of nitrogens with two attached hydrogens (primary N) is 2. The van der Waals surface area contributed by atoms with Crippen molar-refractivity contribution in [1.29, 1.82) is 0 Å². The van der Waals surface area contributed by atoms with Gasteiger partial charge in [0, 0.05) is 6.61 Å². The Hall–Kier alpha value is -1.88. The summed E-state index contributed by atoms with van der Waals surface area (Å²) in [5, 5.41) is 7.29. The van der Waals surface area contributed by atoms with Crippen molar-refractivity contribution in [1.82, 2.24) is 0 Å². The van der Waals surface area contributed by atoms with Crippen LogP contribution in [-0.2, 0) is 11.3 Å². The third-order valence-electron chi connectivity index (χ3n) is 2.52. The van der Waals surface area contributed by atoms with E-state index in [1.165, 1.54) is 12.8 Å². The molecule has 0 fully saturated rings. The van der Waals surface area contributed by atoms with Gasteiger partial charge in [0.25, 0.3) is 0 Å². The van der Waals surface area contributed by atoms with Crippen LogP contribution in [0.4, 0.5) is 0 Å². The Bertz CT molecular complexity index is 408. The van der Waals surface area contributed by atoms with Crippen LogP contribution in [0.25, 0.3) is 0 Å². The molecule has 104 valence electrons. The molecule has 5 nitrogen and oxygen atoms in total. The topological polar surface area (TPSA) is 86.0 Å². The molecule has 0 amide bonds. The summed E-state index contributed by atoms with van der Waals surface area (Å²) in [7, 11) is 0. The van der Waals surface area contributed by atoms with Crippen LogP contribution < -0.4 is 11.5 Å². The zero-order chi connectivity index (χ0) is 13.9. The van der Waals surface area contributed by atoms with Crippen LogP contribution in [0.15, 0.2) is 34.5 Å². The van der Waals surface area contributed by atoms with Crippen molar-refractivity contribution in [2.45, 2.75) is 32.8 Å². The summed E-state index contributed by atoms with van der Waals surface area (Å²) in [5.41, 5.74) is 12.4. The first kappa shape index (κ1) is 15.2. The molecule has 1 aromatic rings. The SMILES string of the molecule is CCCCCOCc1ccc(C=NN=C(N)N)cc1. The lowest BCUT2D eigenvalue weighted by Crippen LogP contribution is -2.21. The Morgan fingerprint density at radius 3 is 2.58 bits per heavy atom. The molecule has 19 heavy (non-hydrogen) atoms. The summed E-state index contributed by atoms with van der Waals surface area (Å²) in [6.45, 7) is 3.65. The van der Waals surface area contributed by atoms with E-state index in [0.29, 0.717) is 6.61 Å². The molecule has 0 aliphatic heterocycles. The molecule has 5 heteroatoms. The molecule has 0 radical (unpaired) electrons. The summed E-state index contributed by atoms with van der Waals surface area (Å²) < 4.78 is 5.59. The number of ether oxygens (including phenoxy) is 1. The quantitative estimate of drug-likeness (QED) is 0.325. The first-order valence-electron chi connectivity index (χ1n) is 6.51. The van der Waals surface area contributed by atoms with E-state index in [9.17, 15) is 0 Å². The number of hydrogen-bond donors (Lipinski definition) is 2. The van der Waals surface area contributed by atoms with Crippen LogP contribution in [-0.4, -0.2) is 18.8 Å². The summed E-state index contributed by atoms with van der Waals surface area (Å²) in [6, 6.07) is 7.93. The maximum Gasteiger partial charge on any atom is 0.211 e. The number of unbranched alkanes of at least 4 members (excludes halogenated alkanes) is 2. The lowest BCUT2D eigenvalue weighted by molar-refractivity contribution is 0.117. The fourth-order valence-electron chi connectivity index (χ4n) is 1.51. The van der Waals surface area contributed by atoms with Gasteiger partial charge >= 0.3 is 0 Å². The van der Waals surface area contributed by atoms with Gasteiger partial charge in [-0.2, -0.15) is 5.10 Å². The third-order valence-corrected chi connectivity index (χ3v) is 2.52. The van der Waals surface area contributed by atoms with Crippen LogP contribution in [0, 0.1) is 0 Å². The first-order valence-corrected chi connectivity index (χ1v) is 6.51. The number of hydrogen-bond acceptors (Lipinski definition) is 3. The highest BCUT2D eigenvalue weighted by atomic mass is 16.5. The summed E-state index contributed by atoms with van der Waals surface area (Å²) in [5.74, 6) is -0.0478. The van der Waals surface area contributed by atoms with E-state index in [1.807, 2.05) is 24.3 Å². The normalized spacial score (nSPS) is 10.8. The molecule has 0 saturated carbocycles. The van der Waals surface area contributed by atoms with Gasteiger partial charge in [0.2, 0.25) is 5.96 Å². The second kappa shape index (κ2) is 9.10. The number of guanidine groups is 1. The third kappa shape index (κ3) is 7.21. The average Bonchev–Trinajstić information content (AvgIpc) is 2.40. The van der Waals surface area contributed by atoms with Gasteiger partial charge in [-0.1, -0.05) is 44.0 Å². The second-order valence-electron chi connectivity index (χ2n) is 4.27. The van der Waals surface area contributed by atoms with Gasteiger partial charge < -0.3 is 16.2 Å². The maximum atomic E-state index is 5.59. The predicted molar refractivity (Wildman–Crippen MR) is 79.0 cm³/mol. The Labute approximate surface area is 114 Å². The van der Waals surface area contributed by atoms with Crippen LogP contribution >= 0.6 is 0 Å². The van der Waals surface area contributed by atoms with E-state index < -0.39 is 0 Å². The van der Waals surface area contributed by atoms with Crippen molar-refractivity contribution in [2.24, 2.45) is 21.7 Å². The minimum Gasteiger partial charge on any atom is -0.377 e. The number of nitrogens with zero attached hydrogens (tertiary/aromatic N) is 2. The monoisotopic (exact) mass is 262 g/mol. The highest BCUT2D eigenvalue weighted by Gasteiger charge is 1.94. The highest BCUT2D eigenvalue weighted by molar-refractivity contribution is 5.81. The molecule has 0 aliphatic carbocycles. The van der Waals surface area contributed by atoms with E-state index in [4.69, 9.17) is 16.2 Å². The molecule has 0 atom stereocenters. The lowest BCUT2D eigenvalue weighted by atomic mass is 10.1. The molecule has 0 bridgehead atoms. The van der Waals surface area contributed by atoms with Gasteiger partial charge in [0.05, 0.1) is 12.8 Å². The lowest BCUT2D eigenvalue weighted by Gasteiger charge is -2.04. The predicted octanol–water partition coefficient (Wildman–Crippen LogP) is 2.00. The molecule has 0 aromatic heterocycles. The molecule has 0 unspecified atom stereocenters. The smallest absolute Gasteiger partial charge is 0.211 e. The van der Waals surface area contributed by atoms with Crippen molar-refractivity contribution in [2.75, 3.05) is 6.61 Å². The Morgan fingerprint density at radius 1 is 1.21 bits per heavy atom.